The maximum Gasteiger partial charge on any atom is 0.410 e. The van der Waals surface area contributed by atoms with E-state index in [-0.39, 0.29) is 24.0 Å². The SMILES string of the molecule is CC(C)(C)OC(=O)N1CC2(CCCC2)C1CC(=O)O. The molecule has 1 N–H and O–H groups in total. The van der Waals surface area contributed by atoms with E-state index < -0.39 is 11.6 Å². The van der Waals surface area contributed by atoms with E-state index in [1.54, 1.807) is 4.90 Å². The molecule has 5 heteroatoms. The van der Waals surface area contributed by atoms with E-state index in [1.165, 1.54) is 0 Å². The Balaban J connectivity index is 2.05. The first-order valence-electron chi connectivity index (χ1n) is 6.95. The highest BCUT2D eigenvalue weighted by Gasteiger charge is 2.56. The fourth-order valence-electron chi connectivity index (χ4n) is 3.35. The zero-order chi connectivity index (χ0) is 14.3. The molecule has 1 saturated heterocycles. The number of hydrogen-bond acceptors (Lipinski definition) is 3. The summed E-state index contributed by atoms with van der Waals surface area (Å²) in [6.07, 6.45) is 3.99. The number of nitrogens with zero attached hydrogens (tertiary/aromatic N) is 1. The highest BCUT2D eigenvalue weighted by molar-refractivity contribution is 5.73. The Morgan fingerprint density at radius 1 is 1.32 bits per heavy atom. The average Bonchev–Trinajstić information content (AvgIpc) is 2.71. The van der Waals surface area contributed by atoms with Gasteiger partial charge in [-0.2, -0.15) is 0 Å². The molecule has 2 rings (SSSR count). The first kappa shape index (κ1) is 14.2. The van der Waals surface area contributed by atoms with Gasteiger partial charge in [-0.1, -0.05) is 12.8 Å². The minimum absolute atomic E-state index is 0.0270. The van der Waals surface area contributed by atoms with Crippen LogP contribution in [0.3, 0.4) is 0 Å². The zero-order valence-corrected chi connectivity index (χ0v) is 11.9. The van der Waals surface area contributed by atoms with Crippen molar-refractivity contribution in [1.29, 1.82) is 0 Å². The van der Waals surface area contributed by atoms with Gasteiger partial charge in [-0.05, 0) is 33.6 Å². The molecule has 0 aromatic carbocycles. The molecule has 1 aliphatic heterocycles. The van der Waals surface area contributed by atoms with Crippen LogP contribution in [0.1, 0.15) is 52.9 Å². The second-order valence-electron chi connectivity index (χ2n) is 6.79. The third kappa shape index (κ3) is 2.85. The average molecular weight is 269 g/mol. The lowest BCUT2D eigenvalue weighted by Gasteiger charge is -2.55. The molecule has 0 aromatic heterocycles. The molecule has 1 aliphatic carbocycles. The van der Waals surface area contributed by atoms with Crippen LogP contribution >= 0.6 is 0 Å². The first-order chi connectivity index (χ1) is 8.73. The first-order valence-corrected chi connectivity index (χ1v) is 6.95. The molecular weight excluding hydrogens is 246 g/mol. The van der Waals surface area contributed by atoms with Crippen molar-refractivity contribution in [3.63, 3.8) is 0 Å². The number of ether oxygens (including phenoxy) is 1. The van der Waals surface area contributed by atoms with Gasteiger partial charge in [-0.15, -0.1) is 0 Å². The lowest BCUT2D eigenvalue weighted by atomic mass is 9.69. The quantitative estimate of drug-likeness (QED) is 0.836. The maximum absolute atomic E-state index is 12.1. The van der Waals surface area contributed by atoms with Crippen LogP contribution in [0.2, 0.25) is 0 Å². The van der Waals surface area contributed by atoms with Gasteiger partial charge < -0.3 is 14.7 Å². The molecule has 108 valence electrons. The van der Waals surface area contributed by atoms with Gasteiger partial charge in [0.15, 0.2) is 0 Å². The molecule has 1 unspecified atom stereocenters. The summed E-state index contributed by atoms with van der Waals surface area (Å²) in [5, 5.41) is 9.05. The molecular formula is C14H23NO4. The summed E-state index contributed by atoms with van der Waals surface area (Å²) in [4.78, 5) is 24.7. The van der Waals surface area contributed by atoms with E-state index in [0.717, 1.165) is 25.7 Å². The van der Waals surface area contributed by atoms with E-state index in [0.29, 0.717) is 6.54 Å². The predicted molar refractivity (Wildman–Crippen MR) is 69.9 cm³/mol. The fourth-order valence-corrected chi connectivity index (χ4v) is 3.35. The predicted octanol–water partition coefficient (Wildman–Crippen LogP) is 2.64. The molecule has 1 atom stereocenters. The van der Waals surface area contributed by atoms with Crippen molar-refractivity contribution >= 4 is 12.1 Å². The largest absolute Gasteiger partial charge is 0.481 e. The van der Waals surface area contributed by atoms with E-state index in [2.05, 4.69) is 0 Å². The van der Waals surface area contributed by atoms with Crippen LogP contribution in [0.4, 0.5) is 4.79 Å². The summed E-state index contributed by atoms with van der Waals surface area (Å²) in [6.45, 7) is 6.12. The van der Waals surface area contributed by atoms with Crippen LogP contribution in [0.25, 0.3) is 0 Å². The van der Waals surface area contributed by atoms with Gasteiger partial charge in [0.1, 0.15) is 5.60 Å². The number of carboxylic acid groups (broad SMARTS) is 1. The van der Waals surface area contributed by atoms with Crippen LogP contribution in [-0.2, 0) is 9.53 Å². The summed E-state index contributed by atoms with van der Waals surface area (Å²) in [7, 11) is 0. The van der Waals surface area contributed by atoms with Gasteiger partial charge >= 0.3 is 12.1 Å². The van der Waals surface area contributed by atoms with Gasteiger partial charge in [0.05, 0.1) is 12.5 Å². The summed E-state index contributed by atoms with van der Waals surface area (Å²) >= 11 is 0. The standard InChI is InChI=1S/C14H23NO4/c1-13(2,3)19-12(18)15-9-14(6-4-5-7-14)10(15)8-11(16)17/h10H,4-9H2,1-3H3,(H,16,17). The van der Waals surface area contributed by atoms with Crippen molar-refractivity contribution in [2.24, 2.45) is 5.41 Å². The van der Waals surface area contributed by atoms with Crippen LogP contribution in [0.5, 0.6) is 0 Å². The van der Waals surface area contributed by atoms with Crippen molar-refractivity contribution < 1.29 is 19.4 Å². The Labute approximate surface area is 113 Å². The molecule has 0 radical (unpaired) electrons. The molecule has 1 heterocycles. The summed E-state index contributed by atoms with van der Waals surface area (Å²) in [5.41, 5.74) is -0.501. The minimum atomic E-state index is -0.843. The topological polar surface area (TPSA) is 66.8 Å². The third-order valence-corrected chi connectivity index (χ3v) is 4.16. The third-order valence-electron chi connectivity index (χ3n) is 4.16. The van der Waals surface area contributed by atoms with Crippen molar-refractivity contribution in [3.05, 3.63) is 0 Å². The van der Waals surface area contributed by atoms with E-state index >= 15 is 0 Å². The Morgan fingerprint density at radius 3 is 2.37 bits per heavy atom. The van der Waals surface area contributed by atoms with E-state index in [4.69, 9.17) is 9.84 Å². The second kappa shape index (κ2) is 4.69. The summed E-state index contributed by atoms with van der Waals surface area (Å²) in [5.74, 6) is -0.843. The normalized spacial score (nSPS) is 25.2. The fraction of sp³-hybridized carbons (Fsp3) is 0.857. The van der Waals surface area contributed by atoms with Crippen molar-refractivity contribution in [2.45, 2.75) is 64.5 Å². The second-order valence-corrected chi connectivity index (χ2v) is 6.79. The molecule has 5 nitrogen and oxygen atoms in total. The Hall–Kier alpha value is -1.26. The Bertz CT molecular complexity index is 379. The molecule has 0 aromatic rings. The minimum Gasteiger partial charge on any atom is -0.481 e. The van der Waals surface area contributed by atoms with Gasteiger partial charge in [0.2, 0.25) is 0 Å². The number of carboxylic acids is 1. The van der Waals surface area contributed by atoms with Gasteiger partial charge in [-0.3, -0.25) is 4.79 Å². The lowest BCUT2D eigenvalue weighted by molar-refractivity contribution is -0.145. The number of hydrogen-bond donors (Lipinski definition) is 1. The maximum atomic E-state index is 12.1. The Kier molecular flexibility index (Phi) is 3.49. The number of aliphatic carboxylic acids is 1. The summed E-state index contributed by atoms with van der Waals surface area (Å²) < 4.78 is 5.35. The van der Waals surface area contributed by atoms with Gasteiger partial charge in [0.25, 0.3) is 0 Å². The van der Waals surface area contributed by atoms with Crippen molar-refractivity contribution in [2.75, 3.05) is 6.54 Å². The molecule has 2 fully saturated rings. The number of likely N-dealkylation sites (tertiary alicyclic amines) is 1. The molecule has 19 heavy (non-hydrogen) atoms. The van der Waals surface area contributed by atoms with E-state index in [9.17, 15) is 9.59 Å². The van der Waals surface area contributed by atoms with Crippen molar-refractivity contribution in [3.8, 4) is 0 Å². The lowest BCUT2D eigenvalue weighted by Crippen LogP contribution is -2.66. The monoisotopic (exact) mass is 269 g/mol. The van der Waals surface area contributed by atoms with Gasteiger partial charge in [0, 0.05) is 12.0 Å². The zero-order valence-electron chi connectivity index (χ0n) is 11.9. The highest BCUT2D eigenvalue weighted by atomic mass is 16.6. The van der Waals surface area contributed by atoms with Crippen LogP contribution in [0.15, 0.2) is 0 Å². The number of carbonyl (C=O) groups is 2. The molecule has 0 bridgehead atoms. The van der Waals surface area contributed by atoms with Crippen LogP contribution in [0, 0.1) is 5.41 Å². The molecule has 2 aliphatic rings. The molecule has 1 amide bonds. The molecule has 1 saturated carbocycles. The number of amides is 1. The van der Waals surface area contributed by atoms with E-state index in [1.807, 2.05) is 20.8 Å². The van der Waals surface area contributed by atoms with Crippen molar-refractivity contribution in [1.82, 2.24) is 4.90 Å². The van der Waals surface area contributed by atoms with Crippen LogP contribution in [-0.4, -0.2) is 40.3 Å². The highest BCUT2D eigenvalue weighted by Crippen LogP contribution is 2.51. The smallest absolute Gasteiger partial charge is 0.410 e. The number of rotatable bonds is 2. The molecule has 1 spiro atoms. The summed E-state index contributed by atoms with van der Waals surface area (Å²) in [6, 6.07) is -0.192. The van der Waals surface area contributed by atoms with Crippen LogP contribution < -0.4 is 0 Å². The Morgan fingerprint density at radius 2 is 1.89 bits per heavy atom. The van der Waals surface area contributed by atoms with Gasteiger partial charge in [-0.25, -0.2) is 4.79 Å². The number of carbonyl (C=O) groups excluding carboxylic acids is 1.